The fourth-order valence-corrected chi connectivity index (χ4v) is 6.24. The van der Waals surface area contributed by atoms with Gasteiger partial charge in [-0.1, -0.05) is 19.3 Å². The molecular formula is C20H33NO2. The number of nitrogens with one attached hydrogen (secondary N) is 1. The van der Waals surface area contributed by atoms with Crippen LogP contribution in [0.25, 0.3) is 0 Å². The Morgan fingerprint density at radius 3 is 2.22 bits per heavy atom. The molecule has 0 unspecified atom stereocenters. The highest BCUT2D eigenvalue weighted by atomic mass is 16.5. The van der Waals surface area contributed by atoms with Crippen molar-refractivity contribution in [3.05, 3.63) is 0 Å². The molecule has 3 heteroatoms. The first-order chi connectivity index (χ1) is 11.3. The van der Waals surface area contributed by atoms with Crippen LogP contribution in [0.4, 0.5) is 0 Å². The van der Waals surface area contributed by atoms with Crippen LogP contribution in [0.15, 0.2) is 0 Å². The predicted octanol–water partition coefficient (Wildman–Crippen LogP) is 3.91. The van der Waals surface area contributed by atoms with Crippen LogP contribution in [0.2, 0.25) is 0 Å². The van der Waals surface area contributed by atoms with Crippen LogP contribution in [0, 0.1) is 29.6 Å². The molecule has 4 bridgehead atoms. The lowest BCUT2D eigenvalue weighted by Gasteiger charge is -2.53. The summed E-state index contributed by atoms with van der Waals surface area (Å²) in [6.45, 7) is 1.61. The summed E-state index contributed by atoms with van der Waals surface area (Å²) in [7, 11) is 0. The second-order valence-corrected chi connectivity index (χ2v) is 8.73. The Kier molecular flexibility index (Phi) is 4.93. The molecule has 0 aromatic rings. The maximum Gasteiger partial charge on any atom is 0.223 e. The Labute approximate surface area is 140 Å². The highest BCUT2D eigenvalue weighted by molar-refractivity contribution is 5.79. The van der Waals surface area contributed by atoms with E-state index in [-0.39, 0.29) is 0 Å². The van der Waals surface area contributed by atoms with E-state index >= 15 is 0 Å². The fraction of sp³-hybridized carbons (Fsp3) is 0.950. The molecule has 0 saturated heterocycles. The maximum absolute atomic E-state index is 12.6. The van der Waals surface area contributed by atoms with Gasteiger partial charge in [0.15, 0.2) is 0 Å². The van der Waals surface area contributed by atoms with E-state index in [9.17, 15) is 4.79 Å². The minimum atomic E-state index is 0.335. The van der Waals surface area contributed by atoms with Crippen LogP contribution in [0.3, 0.4) is 0 Å². The van der Waals surface area contributed by atoms with Gasteiger partial charge in [-0.3, -0.25) is 4.79 Å². The Balaban J connectivity index is 1.16. The monoisotopic (exact) mass is 319 g/mol. The van der Waals surface area contributed by atoms with Crippen molar-refractivity contribution >= 4 is 5.91 Å². The van der Waals surface area contributed by atoms with Crippen LogP contribution in [-0.4, -0.2) is 25.2 Å². The van der Waals surface area contributed by atoms with Crippen LogP contribution in [0.1, 0.15) is 70.6 Å². The van der Waals surface area contributed by atoms with E-state index in [0.717, 1.165) is 31.4 Å². The number of rotatable bonds is 6. The normalized spacial score (nSPS) is 39.6. The Morgan fingerprint density at radius 2 is 1.57 bits per heavy atom. The van der Waals surface area contributed by atoms with Crippen LogP contribution >= 0.6 is 0 Å². The van der Waals surface area contributed by atoms with E-state index in [2.05, 4.69) is 5.32 Å². The lowest BCUT2D eigenvalue weighted by molar-refractivity contribution is -0.138. The molecule has 5 aliphatic rings. The lowest BCUT2D eigenvalue weighted by Crippen LogP contribution is -2.51. The van der Waals surface area contributed by atoms with Gasteiger partial charge in [-0.15, -0.1) is 0 Å². The van der Waals surface area contributed by atoms with Gasteiger partial charge in [0.2, 0.25) is 5.91 Å². The summed E-state index contributed by atoms with van der Waals surface area (Å²) in [5.74, 6) is 3.99. The van der Waals surface area contributed by atoms with E-state index in [1.807, 2.05) is 0 Å². The van der Waals surface area contributed by atoms with Gasteiger partial charge in [0.25, 0.3) is 0 Å². The van der Waals surface area contributed by atoms with E-state index in [4.69, 9.17) is 4.74 Å². The first kappa shape index (κ1) is 15.9. The average molecular weight is 319 g/mol. The van der Waals surface area contributed by atoms with Gasteiger partial charge >= 0.3 is 0 Å². The highest BCUT2D eigenvalue weighted by Gasteiger charge is 2.50. The molecule has 5 saturated carbocycles. The van der Waals surface area contributed by atoms with Crippen LogP contribution in [0.5, 0.6) is 0 Å². The zero-order valence-electron chi connectivity index (χ0n) is 14.5. The molecule has 0 heterocycles. The number of amides is 1. The van der Waals surface area contributed by atoms with Crippen molar-refractivity contribution in [3.8, 4) is 0 Å². The summed E-state index contributed by atoms with van der Waals surface area (Å²) >= 11 is 0. The molecule has 3 nitrogen and oxygen atoms in total. The molecule has 0 spiro atoms. The summed E-state index contributed by atoms with van der Waals surface area (Å²) < 4.78 is 5.95. The quantitative estimate of drug-likeness (QED) is 0.754. The molecule has 0 radical (unpaired) electrons. The van der Waals surface area contributed by atoms with Gasteiger partial charge in [-0.05, 0) is 75.0 Å². The highest BCUT2D eigenvalue weighted by Crippen LogP contribution is 2.56. The summed E-state index contributed by atoms with van der Waals surface area (Å²) in [4.78, 5) is 12.6. The first-order valence-electron chi connectivity index (χ1n) is 10.2. The predicted molar refractivity (Wildman–Crippen MR) is 91.0 cm³/mol. The van der Waals surface area contributed by atoms with Gasteiger partial charge in [0.1, 0.15) is 0 Å². The third kappa shape index (κ3) is 3.60. The Morgan fingerprint density at radius 1 is 0.913 bits per heavy atom. The van der Waals surface area contributed by atoms with E-state index in [1.165, 1.54) is 64.2 Å². The minimum Gasteiger partial charge on any atom is -0.378 e. The lowest BCUT2D eigenvalue weighted by atomic mass is 9.51. The molecule has 1 N–H and O–H groups in total. The average Bonchev–Trinajstić information content (AvgIpc) is 2.54. The maximum atomic E-state index is 12.6. The SMILES string of the molecule is O=C(NCCCOC1CCCCC1)C1C2CC3CC(C2)CC1C3. The second-order valence-electron chi connectivity index (χ2n) is 8.73. The van der Waals surface area contributed by atoms with Crippen LogP contribution in [-0.2, 0) is 9.53 Å². The number of ether oxygens (including phenoxy) is 1. The van der Waals surface area contributed by atoms with Gasteiger partial charge in [-0.2, -0.15) is 0 Å². The second kappa shape index (κ2) is 7.13. The number of carbonyl (C=O) groups excluding carboxylic acids is 1. The Bertz CT molecular complexity index is 388. The molecular weight excluding hydrogens is 286 g/mol. The fourth-order valence-electron chi connectivity index (χ4n) is 6.24. The molecule has 5 fully saturated rings. The third-order valence-corrected chi connectivity index (χ3v) is 7.06. The molecule has 0 atom stereocenters. The van der Waals surface area contributed by atoms with Gasteiger partial charge in [0, 0.05) is 19.1 Å². The van der Waals surface area contributed by atoms with Crippen molar-refractivity contribution in [2.45, 2.75) is 76.7 Å². The van der Waals surface area contributed by atoms with Crippen molar-refractivity contribution < 1.29 is 9.53 Å². The number of hydrogen-bond donors (Lipinski definition) is 1. The summed E-state index contributed by atoms with van der Waals surface area (Å²) in [5.41, 5.74) is 0. The molecule has 130 valence electrons. The van der Waals surface area contributed by atoms with Gasteiger partial charge in [-0.25, -0.2) is 0 Å². The first-order valence-corrected chi connectivity index (χ1v) is 10.2. The van der Waals surface area contributed by atoms with Gasteiger partial charge in [0.05, 0.1) is 6.10 Å². The summed E-state index contributed by atoms with van der Waals surface area (Å²) in [6, 6.07) is 0. The number of carbonyl (C=O) groups is 1. The molecule has 1 amide bonds. The molecule has 0 aromatic carbocycles. The minimum absolute atomic E-state index is 0.335. The van der Waals surface area contributed by atoms with Crippen molar-refractivity contribution in [2.75, 3.05) is 13.2 Å². The number of hydrogen-bond acceptors (Lipinski definition) is 2. The van der Waals surface area contributed by atoms with Crippen molar-refractivity contribution in [3.63, 3.8) is 0 Å². The topological polar surface area (TPSA) is 38.3 Å². The molecule has 5 rings (SSSR count). The van der Waals surface area contributed by atoms with E-state index in [1.54, 1.807) is 0 Å². The summed E-state index contributed by atoms with van der Waals surface area (Å²) in [5, 5.41) is 3.23. The zero-order valence-corrected chi connectivity index (χ0v) is 14.5. The zero-order chi connectivity index (χ0) is 15.6. The van der Waals surface area contributed by atoms with E-state index < -0.39 is 0 Å². The van der Waals surface area contributed by atoms with Gasteiger partial charge < -0.3 is 10.1 Å². The Hall–Kier alpha value is -0.570. The molecule has 0 aliphatic heterocycles. The van der Waals surface area contributed by atoms with Crippen molar-refractivity contribution in [1.29, 1.82) is 0 Å². The summed E-state index contributed by atoms with van der Waals surface area (Å²) in [6.07, 6.45) is 14.7. The third-order valence-electron chi connectivity index (χ3n) is 7.06. The largest absolute Gasteiger partial charge is 0.378 e. The van der Waals surface area contributed by atoms with Crippen molar-refractivity contribution in [1.82, 2.24) is 5.32 Å². The smallest absolute Gasteiger partial charge is 0.223 e. The van der Waals surface area contributed by atoms with Crippen molar-refractivity contribution in [2.24, 2.45) is 29.6 Å². The van der Waals surface area contributed by atoms with Crippen LogP contribution < -0.4 is 5.32 Å². The standard InChI is InChI=1S/C20H33NO2/c22-20(21-7-4-8-23-18-5-2-1-3-6-18)19-16-10-14-9-15(12-16)13-17(19)11-14/h14-19H,1-13H2,(H,21,22). The molecule has 23 heavy (non-hydrogen) atoms. The molecule has 5 aliphatic carbocycles. The van der Waals surface area contributed by atoms with E-state index in [0.29, 0.717) is 29.8 Å². The molecule has 0 aromatic heterocycles.